The van der Waals surface area contributed by atoms with Gasteiger partial charge >= 0.3 is 0 Å². The van der Waals surface area contributed by atoms with Gasteiger partial charge < -0.3 is 10.6 Å². The molecule has 5 nitrogen and oxygen atoms in total. The summed E-state index contributed by atoms with van der Waals surface area (Å²) in [6, 6.07) is 15.2. The number of hydrogen-bond donors (Lipinski definition) is 2. The number of nitrogens with one attached hydrogen (secondary N) is 2. The minimum atomic E-state index is -3.50. The highest BCUT2D eigenvalue weighted by molar-refractivity contribution is 7.90. The van der Waals surface area contributed by atoms with E-state index in [-0.39, 0.29) is 22.6 Å². The Labute approximate surface area is 143 Å². The molecule has 1 atom stereocenters. The van der Waals surface area contributed by atoms with Crippen molar-refractivity contribution >= 4 is 15.7 Å². The Morgan fingerprint density at radius 3 is 2.33 bits per heavy atom. The van der Waals surface area contributed by atoms with Crippen LogP contribution in [0.2, 0.25) is 0 Å². The van der Waals surface area contributed by atoms with Gasteiger partial charge in [0.05, 0.1) is 10.6 Å². The monoisotopic (exact) mass is 346 g/mol. The third-order valence-electron chi connectivity index (χ3n) is 3.77. The van der Waals surface area contributed by atoms with Crippen LogP contribution in [0, 0.1) is 0 Å². The molecule has 0 saturated heterocycles. The smallest absolute Gasteiger partial charge is 0.251 e. The number of carbonyl (C=O) groups is 1. The Kier molecular flexibility index (Phi) is 6.11. The number of carbonyl (C=O) groups excluding carboxylic acids is 1. The second-order valence-corrected chi connectivity index (χ2v) is 7.62. The van der Waals surface area contributed by atoms with Crippen molar-refractivity contribution in [2.75, 3.05) is 13.6 Å². The van der Waals surface area contributed by atoms with Crippen molar-refractivity contribution in [3.63, 3.8) is 0 Å². The highest BCUT2D eigenvalue weighted by Gasteiger charge is 2.19. The molecule has 0 bridgehead atoms. The van der Waals surface area contributed by atoms with Crippen molar-refractivity contribution in [1.82, 2.24) is 10.6 Å². The molecule has 0 fully saturated rings. The number of amides is 1. The average Bonchev–Trinajstić information content (AvgIpc) is 2.60. The van der Waals surface area contributed by atoms with E-state index in [2.05, 4.69) is 10.6 Å². The number of sulfone groups is 1. The third kappa shape index (κ3) is 4.66. The Morgan fingerprint density at radius 2 is 1.67 bits per heavy atom. The summed E-state index contributed by atoms with van der Waals surface area (Å²) in [5.41, 5.74) is 0.885. The lowest BCUT2D eigenvalue weighted by Gasteiger charge is -2.14. The predicted octanol–water partition coefficient (Wildman–Crippen LogP) is 2.00. The molecule has 0 heterocycles. The van der Waals surface area contributed by atoms with E-state index in [1.54, 1.807) is 54.6 Å². The van der Waals surface area contributed by atoms with Crippen molar-refractivity contribution < 1.29 is 13.2 Å². The fourth-order valence-corrected chi connectivity index (χ4v) is 3.63. The molecule has 0 saturated carbocycles. The molecule has 6 heteroatoms. The van der Waals surface area contributed by atoms with Gasteiger partial charge in [0.15, 0.2) is 9.84 Å². The van der Waals surface area contributed by atoms with Crippen LogP contribution in [-0.2, 0) is 15.6 Å². The lowest BCUT2D eigenvalue weighted by Crippen LogP contribution is -2.37. The van der Waals surface area contributed by atoms with Gasteiger partial charge in [-0.25, -0.2) is 8.42 Å². The first-order chi connectivity index (χ1) is 11.4. The Bertz CT molecular complexity index is 789. The summed E-state index contributed by atoms with van der Waals surface area (Å²) in [7, 11) is -1.68. The molecule has 1 unspecified atom stereocenters. The molecule has 0 radical (unpaired) electrons. The van der Waals surface area contributed by atoms with Gasteiger partial charge in [-0.1, -0.05) is 36.4 Å². The fourth-order valence-electron chi connectivity index (χ4n) is 2.23. The summed E-state index contributed by atoms with van der Waals surface area (Å²) in [5.74, 6) is -0.474. The zero-order valence-electron chi connectivity index (χ0n) is 13.8. The number of hydrogen-bond acceptors (Lipinski definition) is 4. The van der Waals surface area contributed by atoms with Crippen LogP contribution in [0.4, 0.5) is 0 Å². The minimum Gasteiger partial charge on any atom is -0.350 e. The van der Waals surface area contributed by atoms with E-state index >= 15 is 0 Å². The Hall–Kier alpha value is -2.18. The Balaban J connectivity index is 2.21. The second-order valence-electron chi connectivity index (χ2n) is 5.63. The van der Waals surface area contributed by atoms with Crippen molar-refractivity contribution in [2.45, 2.75) is 23.6 Å². The molecule has 1 amide bonds. The standard InChI is InChI=1S/C18H22N2O3S/c1-14(19-2)12-20-18(21)17-11-7-6-8-15(17)13-24(22,23)16-9-4-3-5-10-16/h3-11,14,19H,12-13H2,1-2H3,(H,20,21). The lowest BCUT2D eigenvalue weighted by atomic mass is 10.1. The maximum absolute atomic E-state index is 12.5. The van der Waals surface area contributed by atoms with Gasteiger partial charge in [0.1, 0.15) is 0 Å². The van der Waals surface area contributed by atoms with Gasteiger partial charge in [0.2, 0.25) is 0 Å². The van der Waals surface area contributed by atoms with Crippen LogP contribution in [-0.4, -0.2) is 34.0 Å². The molecule has 0 aliphatic carbocycles. The second kappa shape index (κ2) is 8.08. The average molecular weight is 346 g/mol. The number of rotatable bonds is 7. The fraction of sp³-hybridized carbons (Fsp3) is 0.278. The van der Waals surface area contributed by atoms with Crippen LogP contribution in [0.15, 0.2) is 59.5 Å². The zero-order chi connectivity index (χ0) is 17.6. The number of likely N-dealkylation sites (N-methyl/N-ethyl adjacent to an activating group) is 1. The SMILES string of the molecule is CNC(C)CNC(=O)c1ccccc1CS(=O)(=O)c1ccccc1. The summed E-state index contributed by atoms with van der Waals surface area (Å²) < 4.78 is 25.1. The topological polar surface area (TPSA) is 75.3 Å². The Morgan fingerprint density at radius 1 is 1.04 bits per heavy atom. The van der Waals surface area contributed by atoms with E-state index in [1.807, 2.05) is 14.0 Å². The molecule has 0 aliphatic rings. The molecule has 2 rings (SSSR count). The van der Waals surface area contributed by atoms with Crippen LogP contribution in [0.25, 0.3) is 0 Å². The summed E-state index contributed by atoms with van der Waals surface area (Å²) in [6.07, 6.45) is 0. The van der Waals surface area contributed by atoms with Crippen LogP contribution in [0.3, 0.4) is 0 Å². The number of benzene rings is 2. The van der Waals surface area contributed by atoms with E-state index in [1.165, 1.54) is 0 Å². The molecule has 0 aromatic heterocycles. The van der Waals surface area contributed by atoms with Crippen LogP contribution < -0.4 is 10.6 Å². The first-order valence-corrected chi connectivity index (χ1v) is 9.40. The van der Waals surface area contributed by atoms with Crippen molar-refractivity contribution in [3.05, 3.63) is 65.7 Å². The molecule has 2 aromatic rings. The summed E-state index contributed by atoms with van der Waals surface area (Å²) >= 11 is 0. The highest BCUT2D eigenvalue weighted by atomic mass is 32.2. The van der Waals surface area contributed by atoms with Crippen LogP contribution in [0.1, 0.15) is 22.8 Å². The van der Waals surface area contributed by atoms with Crippen molar-refractivity contribution in [3.8, 4) is 0 Å². The molecular formula is C18H22N2O3S. The van der Waals surface area contributed by atoms with Crippen LogP contribution in [0.5, 0.6) is 0 Å². The molecular weight excluding hydrogens is 324 g/mol. The van der Waals surface area contributed by atoms with Gasteiger partial charge in [-0.05, 0) is 37.7 Å². The van der Waals surface area contributed by atoms with Gasteiger partial charge in [0.25, 0.3) is 5.91 Å². The van der Waals surface area contributed by atoms with Gasteiger partial charge in [0, 0.05) is 18.2 Å². The van der Waals surface area contributed by atoms with E-state index in [0.29, 0.717) is 17.7 Å². The van der Waals surface area contributed by atoms with Crippen LogP contribution >= 0.6 is 0 Å². The van der Waals surface area contributed by atoms with E-state index in [0.717, 1.165) is 0 Å². The summed E-state index contributed by atoms with van der Waals surface area (Å²) in [4.78, 5) is 12.6. The first-order valence-electron chi connectivity index (χ1n) is 7.75. The molecule has 2 N–H and O–H groups in total. The third-order valence-corrected chi connectivity index (χ3v) is 5.45. The maximum Gasteiger partial charge on any atom is 0.251 e. The quantitative estimate of drug-likeness (QED) is 0.804. The van der Waals surface area contributed by atoms with Gasteiger partial charge in [-0.15, -0.1) is 0 Å². The largest absolute Gasteiger partial charge is 0.350 e. The van der Waals surface area contributed by atoms with Crippen molar-refractivity contribution in [1.29, 1.82) is 0 Å². The van der Waals surface area contributed by atoms with E-state index < -0.39 is 9.84 Å². The maximum atomic E-state index is 12.5. The first kappa shape index (κ1) is 18.2. The summed E-state index contributed by atoms with van der Waals surface area (Å²) in [5, 5.41) is 5.85. The molecule has 0 aliphatic heterocycles. The van der Waals surface area contributed by atoms with Gasteiger partial charge in [-0.2, -0.15) is 0 Å². The summed E-state index contributed by atoms with van der Waals surface area (Å²) in [6.45, 7) is 2.42. The molecule has 2 aromatic carbocycles. The highest BCUT2D eigenvalue weighted by Crippen LogP contribution is 2.19. The molecule has 0 spiro atoms. The van der Waals surface area contributed by atoms with E-state index in [4.69, 9.17) is 0 Å². The van der Waals surface area contributed by atoms with E-state index in [9.17, 15) is 13.2 Å². The normalized spacial score (nSPS) is 12.6. The predicted molar refractivity (Wildman–Crippen MR) is 94.6 cm³/mol. The van der Waals surface area contributed by atoms with Crippen molar-refractivity contribution in [2.24, 2.45) is 0 Å². The molecule has 24 heavy (non-hydrogen) atoms. The molecule has 128 valence electrons. The lowest BCUT2D eigenvalue weighted by molar-refractivity contribution is 0.0950. The minimum absolute atomic E-state index is 0.133. The zero-order valence-corrected chi connectivity index (χ0v) is 14.6. The van der Waals surface area contributed by atoms with Gasteiger partial charge in [-0.3, -0.25) is 4.79 Å².